The number of fused-ring (bicyclic) bond motifs is 1. The Morgan fingerprint density at radius 2 is 1.64 bits per heavy atom. The van der Waals surface area contributed by atoms with Gasteiger partial charge in [-0.05, 0) is 78.6 Å². The number of benzene rings is 1. The van der Waals surface area contributed by atoms with Gasteiger partial charge in [0.05, 0.1) is 6.61 Å². The van der Waals surface area contributed by atoms with Crippen LogP contribution in [0.1, 0.15) is 63.8 Å². The molecule has 0 bridgehead atoms. The Labute approximate surface area is 181 Å². The van der Waals surface area contributed by atoms with Gasteiger partial charge in [0.15, 0.2) is 0 Å². The van der Waals surface area contributed by atoms with Gasteiger partial charge in [-0.25, -0.2) is 0 Å². The molecule has 1 atom stereocenters. The van der Waals surface area contributed by atoms with Gasteiger partial charge in [-0.15, -0.1) is 0 Å². The molecule has 1 aliphatic heterocycles. The average molecular weight is 458 g/mol. The van der Waals surface area contributed by atoms with Crippen LogP contribution in [0.5, 0.6) is 5.75 Å². The van der Waals surface area contributed by atoms with Crippen LogP contribution >= 0.6 is 15.9 Å². The molecule has 0 aromatic heterocycles. The van der Waals surface area contributed by atoms with Crippen molar-refractivity contribution in [2.24, 2.45) is 0 Å². The fourth-order valence-corrected chi connectivity index (χ4v) is 4.44. The first-order valence-corrected chi connectivity index (χ1v) is 11.1. The van der Waals surface area contributed by atoms with Gasteiger partial charge >= 0.3 is 0 Å². The second kappa shape index (κ2) is 11.0. The Balaban J connectivity index is 0.000000370. The van der Waals surface area contributed by atoms with Crippen LogP contribution in [-0.4, -0.2) is 49.6 Å². The summed E-state index contributed by atoms with van der Waals surface area (Å²) in [6.07, 6.45) is 0.873. The third-order valence-corrected chi connectivity index (χ3v) is 6.68. The van der Waals surface area contributed by atoms with Crippen molar-refractivity contribution < 1.29 is 14.2 Å². The third kappa shape index (κ3) is 6.19. The van der Waals surface area contributed by atoms with E-state index in [9.17, 15) is 0 Å². The molecule has 1 aromatic rings. The maximum absolute atomic E-state index is 6.19. The molecular formula is C23H40BrNO3. The zero-order chi connectivity index (χ0) is 21.6. The highest BCUT2D eigenvalue weighted by molar-refractivity contribution is 9.10. The van der Waals surface area contributed by atoms with Crippen molar-refractivity contribution in [1.82, 2.24) is 4.90 Å². The fraction of sp³-hybridized carbons (Fsp3) is 0.739. The molecule has 28 heavy (non-hydrogen) atoms. The van der Waals surface area contributed by atoms with Crippen LogP contribution in [0.2, 0.25) is 0 Å². The number of halogens is 1. The average Bonchev–Trinajstić information content (AvgIpc) is 2.97. The Morgan fingerprint density at radius 3 is 2.07 bits per heavy atom. The molecule has 0 fully saturated rings. The van der Waals surface area contributed by atoms with Crippen LogP contribution in [0.15, 0.2) is 4.47 Å². The Morgan fingerprint density at radius 1 is 1.07 bits per heavy atom. The maximum Gasteiger partial charge on any atom is 0.146 e. The van der Waals surface area contributed by atoms with Gasteiger partial charge in [-0.1, -0.05) is 22.9 Å². The van der Waals surface area contributed by atoms with Crippen molar-refractivity contribution in [3.05, 3.63) is 26.7 Å². The number of ether oxygens (including phenoxy) is 3. The second-order valence-corrected chi connectivity index (χ2v) is 9.29. The van der Waals surface area contributed by atoms with Crippen molar-refractivity contribution in [2.45, 2.75) is 86.4 Å². The molecule has 1 aliphatic rings. The van der Waals surface area contributed by atoms with Gasteiger partial charge in [0.2, 0.25) is 0 Å². The summed E-state index contributed by atoms with van der Waals surface area (Å²) in [5, 5.41) is 0. The lowest BCUT2D eigenvalue weighted by molar-refractivity contribution is -0.0792. The topological polar surface area (TPSA) is 30.9 Å². The lowest BCUT2D eigenvalue weighted by Crippen LogP contribution is -2.36. The van der Waals surface area contributed by atoms with E-state index in [1.165, 1.54) is 26.7 Å². The molecule has 1 unspecified atom stereocenters. The smallest absolute Gasteiger partial charge is 0.146 e. The van der Waals surface area contributed by atoms with E-state index in [-0.39, 0.29) is 5.60 Å². The number of rotatable bonds is 7. The maximum atomic E-state index is 6.19. The highest BCUT2D eigenvalue weighted by Crippen LogP contribution is 2.44. The van der Waals surface area contributed by atoms with Crippen molar-refractivity contribution >= 4 is 15.9 Å². The van der Waals surface area contributed by atoms with E-state index in [1.807, 2.05) is 0 Å². The van der Waals surface area contributed by atoms with Crippen molar-refractivity contribution in [2.75, 3.05) is 27.1 Å². The number of methoxy groups -OCH3 is 1. The van der Waals surface area contributed by atoms with Crippen molar-refractivity contribution in [3.8, 4) is 5.75 Å². The first kappa shape index (κ1) is 25.4. The number of nitrogens with zero attached hydrogens (tertiary/aromatic N) is 1. The molecule has 4 nitrogen and oxygen atoms in total. The predicted octanol–water partition coefficient (Wildman–Crippen LogP) is 5.81. The number of hydrogen-bond donors (Lipinski definition) is 0. The standard InChI is InChI=1S/C15H21BrO3.C8H19N/c1-9-10(2)14-12(11(3)13(9)16)6-15(4,19-14)7-18-8-17-5;1-6-9(7(2)3)8(4)5/h6-8H2,1-5H3;7-8H,6H2,1-5H3. The van der Waals surface area contributed by atoms with E-state index >= 15 is 0 Å². The Hall–Kier alpha value is -0.620. The Bertz CT molecular complexity index is 598. The van der Waals surface area contributed by atoms with Gasteiger partial charge in [-0.3, -0.25) is 4.90 Å². The zero-order valence-corrected chi connectivity index (χ0v) is 21.1. The van der Waals surface area contributed by atoms with E-state index in [0.717, 1.165) is 18.7 Å². The van der Waals surface area contributed by atoms with Crippen molar-refractivity contribution in [3.63, 3.8) is 0 Å². The minimum atomic E-state index is -0.302. The molecule has 1 aromatic carbocycles. The molecule has 0 spiro atoms. The molecular weight excluding hydrogens is 418 g/mol. The van der Waals surface area contributed by atoms with Crippen LogP contribution in [0.4, 0.5) is 0 Å². The molecule has 5 heteroatoms. The van der Waals surface area contributed by atoms with Gasteiger partial charge in [0.25, 0.3) is 0 Å². The second-order valence-electron chi connectivity index (χ2n) is 8.50. The Kier molecular flexibility index (Phi) is 9.95. The highest BCUT2D eigenvalue weighted by Gasteiger charge is 2.38. The quantitative estimate of drug-likeness (QED) is 0.381. The summed E-state index contributed by atoms with van der Waals surface area (Å²) in [6, 6.07) is 1.38. The lowest BCUT2D eigenvalue weighted by Gasteiger charge is -2.28. The third-order valence-electron chi connectivity index (χ3n) is 5.49. The van der Waals surface area contributed by atoms with Crippen LogP contribution in [-0.2, 0) is 15.9 Å². The first-order chi connectivity index (χ1) is 13.0. The summed E-state index contributed by atoms with van der Waals surface area (Å²) in [4.78, 5) is 2.46. The van der Waals surface area contributed by atoms with Crippen LogP contribution < -0.4 is 4.74 Å². The summed E-state index contributed by atoms with van der Waals surface area (Å²) < 4.78 is 17.8. The SMILES string of the molecule is CCN(C(C)C)C(C)C.COCOCC1(C)Cc2c(C)c(Br)c(C)c(C)c2O1. The minimum Gasteiger partial charge on any atom is -0.484 e. The summed E-state index contributed by atoms with van der Waals surface area (Å²) in [5.74, 6) is 1.03. The van der Waals surface area contributed by atoms with Crippen molar-refractivity contribution in [1.29, 1.82) is 0 Å². The van der Waals surface area contributed by atoms with Crippen LogP contribution in [0.25, 0.3) is 0 Å². The molecule has 162 valence electrons. The summed E-state index contributed by atoms with van der Waals surface area (Å²) in [6.45, 7) is 21.6. The molecule has 0 radical (unpaired) electrons. The normalized spacial score (nSPS) is 18.4. The summed E-state index contributed by atoms with van der Waals surface area (Å²) in [7, 11) is 1.63. The van der Waals surface area contributed by atoms with E-state index in [4.69, 9.17) is 14.2 Å². The van der Waals surface area contributed by atoms with Gasteiger partial charge in [0, 0.05) is 35.7 Å². The lowest BCUT2D eigenvalue weighted by atomic mass is 9.94. The van der Waals surface area contributed by atoms with E-state index < -0.39 is 0 Å². The van der Waals surface area contributed by atoms with E-state index in [0.29, 0.717) is 25.5 Å². The molecule has 0 saturated carbocycles. The first-order valence-electron chi connectivity index (χ1n) is 10.3. The molecule has 0 amide bonds. The molecule has 2 rings (SSSR count). The molecule has 0 N–H and O–H groups in total. The molecule has 0 aliphatic carbocycles. The number of hydrogen-bond acceptors (Lipinski definition) is 4. The van der Waals surface area contributed by atoms with Crippen LogP contribution in [0, 0.1) is 20.8 Å². The van der Waals surface area contributed by atoms with Gasteiger partial charge in [0.1, 0.15) is 18.1 Å². The van der Waals surface area contributed by atoms with Gasteiger partial charge in [-0.2, -0.15) is 0 Å². The van der Waals surface area contributed by atoms with Gasteiger partial charge < -0.3 is 14.2 Å². The van der Waals surface area contributed by atoms with E-state index in [1.54, 1.807) is 7.11 Å². The summed E-state index contributed by atoms with van der Waals surface area (Å²) >= 11 is 3.68. The highest BCUT2D eigenvalue weighted by atomic mass is 79.9. The monoisotopic (exact) mass is 457 g/mol. The molecule has 0 saturated heterocycles. The minimum absolute atomic E-state index is 0.302. The fourth-order valence-electron chi connectivity index (χ4n) is 3.90. The summed E-state index contributed by atoms with van der Waals surface area (Å²) in [5.41, 5.74) is 4.72. The van der Waals surface area contributed by atoms with Crippen LogP contribution in [0.3, 0.4) is 0 Å². The largest absolute Gasteiger partial charge is 0.484 e. The van der Waals surface area contributed by atoms with E-state index in [2.05, 4.69) is 83.1 Å². The predicted molar refractivity (Wildman–Crippen MR) is 122 cm³/mol. The molecule has 1 heterocycles. The zero-order valence-electron chi connectivity index (χ0n) is 19.5.